The number of nitrogens with two attached hydrogens (primary N) is 1. The van der Waals surface area contributed by atoms with Gasteiger partial charge in [0.2, 0.25) is 5.91 Å². The van der Waals surface area contributed by atoms with Crippen molar-refractivity contribution in [1.82, 2.24) is 10.3 Å². The highest BCUT2D eigenvalue weighted by molar-refractivity contribution is 6.30. The molecule has 6 heteroatoms. The molecule has 0 aromatic heterocycles. The number of benzene rings is 1. The summed E-state index contributed by atoms with van der Waals surface area (Å²) in [5.74, 6) is 4.93. The maximum atomic E-state index is 11.1. The molecule has 5 nitrogen and oxygen atoms in total. The van der Waals surface area contributed by atoms with E-state index in [9.17, 15) is 9.90 Å². The van der Waals surface area contributed by atoms with Crippen molar-refractivity contribution in [2.24, 2.45) is 5.84 Å². The first-order valence-electron chi connectivity index (χ1n) is 7.65. The molecule has 122 valence electrons. The fourth-order valence-electron chi connectivity index (χ4n) is 3.10. The maximum absolute atomic E-state index is 11.1. The summed E-state index contributed by atoms with van der Waals surface area (Å²) in [7, 11) is 0. The zero-order valence-corrected chi connectivity index (χ0v) is 13.7. The fourth-order valence-corrected chi connectivity index (χ4v) is 3.33. The molecule has 1 amide bonds. The number of piperidine rings is 1. The van der Waals surface area contributed by atoms with Crippen LogP contribution in [0, 0.1) is 6.92 Å². The van der Waals surface area contributed by atoms with Crippen LogP contribution in [-0.4, -0.2) is 35.5 Å². The molecule has 0 unspecified atom stereocenters. The highest BCUT2D eigenvalue weighted by atomic mass is 35.5. The van der Waals surface area contributed by atoms with Crippen molar-refractivity contribution in [3.63, 3.8) is 0 Å². The zero-order chi connectivity index (χ0) is 16.2. The van der Waals surface area contributed by atoms with Crippen LogP contribution in [0.3, 0.4) is 0 Å². The van der Waals surface area contributed by atoms with E-state index in [-0.39, 0.29) is 5.91 Å². The molecule has 1 aliphatic rings. The van der Waals surface area contributed by atoms with Crippen molar-refractivity contribution in [3.05, 3.63) is 34.3 Å². The molecule has 0 radical (unpaired) electrons. The summed E-state index contributed by atoms with van der Waals surface area (Å²) in [6, 6.07) is 5.66. The lowest BCUT2D eigenvalue weighted by Crippen LogP contribution is -2.43. The van der Waals surface area contributed by atoms with Crippen LogP contribution in [-0.2, 0) is 10.4 Å². The number of hydrogen-bond donors (Lipinski definition) is 3. The van der Waals surface area contributed by atoms with E-state index in [0.717, 1.165) is 37.2 Å². The first kappa shape index (κ1) is 17.2. The number of hydrogen-bond acceptors (Lipinski definition) is 4. The van der Waals surface area contributed by atoms with Gasteiger partial charge in [-0.2, -0.15) is 0 Å². The van der Waals surface area contributed by atoms with E-state index in [1.807, 2.05) is 25.1 Å². The van der Waals surface area contributed by atoms with Crippen molar-refractivity contribution in [1.29, 1.82) is 0 Å². The smallest absolute Gasteiger partial charge is 0.233 e. The maximum Gasteiger partial charge on any atom is 0.233 e. The molecular weight excluding hydrogens is 302 g/mol. The minimum Gasteiger partial charge on any atom is -0.385 e. The van der Waals surface area contributed by atoms with Gasteiger partial charge >= 0.3 is 0 Å². The summed E-state index contributed by atoms with van der Waals surface area (Å²) >= 11 is 5.99. The van der Waals surface area contributed by atoms with Crippen LogP contribution in [0.1, 0.15) is 36.8 Å². The van der Waals surface area contributed by atoms with E-state index in [1.165, 1.54) is 0 Å². The normalized spacial score (nSPS) is 18.2. The summed E-state index contributed by atoms with van der Waals surface area (Å²) in [4.78, 5) is 13.4. The summed E-state index contributed by atoms with van der Waals surface area (Å²) < 4.78 is 0. The molecule has 1 heterocycles. The average Bonchev–Trinajstić information content (AvgIpc) is 2.49. The van der Waals surface area contributed by atoms with Crippen LogP contribution in [0.5, 0.6) is 0 Å². The van der Waals surface area contributed by atoms with Gasteiger partial charge < -0.3 is 10.0 Å². The summed E-state index contributed by atoms with van der Waals surface area (Å²) in [6.07, 6.45) is 2.60. The Bertz CT molecular complexity index is 528. The first-order valence-corrected chi connectivity index (χ1v) is 8.03. The van der Waals surface area contributed by atoms with Gasteiger partial charge in [-0.3, -0.25) is 10.2 Å². The van der Waals surface area contributed by atoms with Crippen LogP contribution >= 0.6 is 11.6 Å². The number of amides is 1. The van der Waals surface area contributed by atoms with E-state index in [2.05, 4.69) is 10.3 Å². The summed E-state index contributed by atoms with van der Waals surface area (Å²) in [5.41, 5.74) is 3.36. The lowest BCUT2D eigenvalue weighted by molar-refractivity contribution is -0.121. The molecule has 2 rings (SSSR count). The Morgan fingerprint density at radius 3 is 2.73 bits per heavy atom. The van der Waals surface area contributed by atoms with Crippen LogP contribution in [0.4, 0.5) is 0 Å². The van der Waals surface area contributed by atoms with Crippen molar-refractivity contribution in [3.8, 4) is 0 Å². The van der Waals surface area contributed by atoms with Gasteiger partial charge in [-0.05, 0) is 56.0 Å². The monoisotopic (exact) mass is 325 g/mol. The van der Waals surface area contributed by atoms with Gasteiger partial charge in [-0.15, -0.1) is 0 Å². The van der Waals surface area contributed by atoms with Gasteiger partial charge in [0.25, 0.3) is 0 Å². The van der Waals surface area contributed by atoms with E-state index < -0.39 is 5.60 Å². The van der Waals surface area contributed by atoms with E-state index in [1.54, 1.807) is 0 Å². The first-order chi connectivity index (χ1) is 10.4. The number of carbonyl (C=O) groups excluding carboxylic acids is 1. The molecule has 1 aliphatic heterocycles. The molecule has 0 spiro atoms. The number of nitrogens with one attached hydrogen (secondary N) is 1. The molecule has 1 fully saturated rings. The lowest BCUT2D eigenvalue weighted by Gasteiger charge is -2.39. The average molecular weight is 326 g/mol. The number of aliphatic hydroxyl groups is 1. The summed E-state index contributed by atoms with van der Waals surface area (Å²) in [5, 5.41) is 11.6. The Morgan fingerprint density at radius 1 is 1.45 bits per heavy atom. The second kappa shape index (κ2) is 7.42. The third-order valence-corrected chi connectivity index (χ3v) is 4.65. The Kier molecular flexibility index (Phi) is 5.81. The predicted molar refractivity (Wildman–Crippen MR) is 87.3 cm³/mol. The van der Waals surface area contributed by atoms with Crippen LogP contribution in [0.25, 0.3) is 0 Å². The van der Waals surface area contributed by atoms with E-state index in [4.69, 9.17) is 17.4 Å². The van der Waals surface area contributed by atoms with E-state index in [0.29, 0.717) is 24.3 Å². The van der Waals surface area contributed by atoms with Crippen LogP contribution in [0.2, 0.25) is 5.02 Å². The van der Waals surface area contributed by atoms with Gasteiger partial charge in [0.15, 0.2) is 0 Å². The van der Waals surface area contributed by atoms with Crippen LogP contribution < -0.4 is 11.3 Å². The number of carbonyl (C=O) groups is 1. The molecule has 1 aromatic rings. The molecule has 0 aliphatic carbocycles. The molecule has 0 atom stereocenters. The Labute approximate surface area is 136 Å². The Morgan fingerprint density at radius 2 is 2.14 bits per heavy atom. The predicted octanol–water partition coefficient (Wildman–Crippen LogP) is 1.70. The second-order valence-electron chi connectivity index (χ2n) is 6.00. The number of hydrazine groups is 1. The number of likely N-dealkylation sites (tertiary alicyclic amines) is 1. The van der Waals surface area contributed by atoms with Gasteiger partial charge in [0, 0.05) is 24.5 Å². The van der Waals surface area contributed by atoms with Crippen molar-refractivity contribution >= 4 is 17.5 Å². The van der Waals surface area contributed by atoms with Gasteiger partial charge in [-0.25, -0.2) is 5.84 Å². The molecule has 22 heavy (non-hydrogen) atoms. The van der Waals surface area contributed by atoms with E-state index >= 15 is 0 Å². The molecule has 1 saturated heterocycles. The third kappa shape index (κ3) is 4.20. The third-order valence-electron chi connectivity index (χ3n) is 4.41. The highest BCUT2D eigenvalue weighted by Gasteiger charge is 2.34. The molecule has 0 bridgehead atoms. The minimum atomic E-state index is -0.778. The standard InChI is InChI=1S/C16H24ClN3O2/c1-12-11-13(17)4-5-14(12)16(22)6-9-20(10-7-16)8-2-3-15(21)19-18/h4-5,11,22H,2-3,6-10,18H2,1H3,(H,19,21). The summed E-state index contributed by atoms with van der Waals surface area (Å²) in [6.45, 7) is 4.48. The number of rotatable bonds is 5. The number of aryl methyl sites for hydroxylation is 1. The highest BCUT2D eigenvalue weighted by Crippen LogP contribution is 2.35. The van der Waals surface area contributed by atoms with Crippen molar-refractivity contribution in [2.75, 3.05) is 19.6 Å². The minimum absolute atomic E-state index is 0.134. The molecule has 4 N–H and O–H groups in total. The second-order valence-corrected chi connectivity index (χ2v) is 6.44. The SMILES string of the molecule is Cc1cc(Cl)ccc1C1(O)CCN(CCCC(=O)NN)CC1. The van der Waals surface area contributed by atoms with Gasteiger partial charge in [-0.1, -0.05) is 17.7 Å². The van der Waals surface area contributed by atoms with Gasteiger partial charge in [0.05, 0.1) is 5.60 Å². The molecule has 0 saturated carbocycles. The number of nitrogens with zero attached hydrogens (tertiary/aromatic N) is 1. The topological polar surface area (TPSA) is 78.6 Å². The zero-order valence-electron chi connectivity index (χ0n) is 12.9. The quantitative estimate of drug-likeness (QED) is 0.437. The number of halogens is 1. The molecular formula is C16H24ClN3O2. The molecule has 1 aromatic carbocycles. The lowest BCUT2D eigenvalue weighted by atomic mass is 9.82. The Balaban J connectivity index is 1.89. The largest absolute Gasteiger partial charge is 0.385 e. The Hall–Kier alpha value is -1.14. The van der Waals surface area contributed by atoms with Gasteiger partial charge in [0.1, 0.15) is 0 Å². The van der Waals surface area contributed by atoms with Crippen molar-refractivity contribution < 1.29 is 9.90 Å². The van der Waals surface area contributed by atoms with Crippen molar-refractivity contribution in [2.45, 2.75) is 38.2 Å². The fraction of sp³-hybridized carbons (Fsp3) is 0.562. The van der Waals surface area contributed by atoms with Crippen LogP contribution in [0.15, 0.2) is 18.2 Å².